The lowest BCUT2D eigenvalue weighted by Crippen LogP contribution is -2.14. The molecule has 0 saturated carbocycles. The number of nitrogens with two attached hydrogens (primary N) is 1. The molecule has 0 aliphatic rings. The van der Waals surface area contributed by atoms with Crippen LogP contribution < -0.4 is 5.73 Å². The molecule has 1 aromatic carbocycles. The number of rotatable bonds is 2. The lowest BCUT2D eigenvalue weighted by Gasteiger charge is -2.12. The number of benzene rings is 1. The highest BCUT2D eigenvalue weighted by atomic mass is 35.5. The van der Waals surface area contributed by atoms with E-state index in [1.807, 2.05) is 0 Å². The first-order valence-electron chi connectivity index (χ1n) is 4.51. The van der Waals surface area contributed by atoms with Gasteiger partial charge >= 0.3 is 0 Å². The van der Waals surface area contributed by atoms with Gasteiger partial charge in [0.2, 0.25) is 0 Å². The first-order chi connectivity index (χ1) is 7.59. The third-order valence-corrected chi connectivity index (χ3v) is 3.18. The minimum absolute atomic E-state index is 0.0243. The Morgan fingerprint density at radius 2 is 1.88 bits per heavy atom. The fraction of sp³-hybridized carbons (Fsp3) is 0.0909. The predicted molar refractivity (Wildman–Crippen MR) is 61.7 cm³/mol. The zero-order valence-electron chi connectivity index (χ0n) is 8.08. The van der Waals surface area contributed by atoms with Gasteiger partial charge in [-0.25, -0.2) is 8.78 Å². The second-order valence-corrected chi connectivity index (χ2v) is 4.53. The van der Waals surface area contributed by atoms with E-state index in [1.54, 1.807) is 16.8 Å². The Hall–Kier alpha value is -0.970. The largest absolute Gasteiger partial charge is 0.320 e. The van der Waals surface area contributed by atoms with Crippen molar-refractivity contribution in [1.82, 2.24) is 0 Å². The summed E-state index contributed by atoms with van der Waals surface area (Å²) in [5.74, 6) is -1.44. The Morgan fingerprint density at radius 1 is 1.25 bits per heavy atom. The highest BCUT2D eigenvalue weighted by Gasteiger charge is 2.19. The van der Waals surface area contributed by atoms with Crippen molar-refractivity contribution in [2.75, 3.05) is 0 Å². The molecule has 0 radical (unpaired) electrons. The Kier molecular flexibility index (Phi) is 3.23. The van der Waals surface area contributed by atoms with Crippen molar-refractivity contribution in [2.45, 2.75) is 6.04 Å². The maximum Gasteiger partial charge on any atom is 0.132 e. The molecule has 0 spiro atoms. The molecule has 0 bridgehead atoms. The predicted octanol–water partition coefficient (Wildman–Crippen LogP) is 3.73. The first-order valence-corrected chi connectivity index (χ1v) is 5.84. The summed E-state index contributed by atoms with van der Waals surface area (Å²) in [7, 11) is 0. The van der Waals surface area contributed by atoms with Crippen molar-refractivity contribution in [3.05, 3.63) is 56.7 Å². The SMILES string of the molecule is N[C@@H](c1ccsc1)c1c(F)cc(Cl)cc1F. The van der Waals surface area contributed by atoms with E-state index >= 15 is 0 Å². The van der Waals surface area contributed by atoms with Crippen LogP contribution in [0.2, 0.25) is 5.02 Å². The number of hydrogen-bond acceptors (Lipinski definition) is 2. The van der Waals surface area contributed by atoms with Gasteiger partial charge in [0, 0.05) is 10.6 Å². The number of thiophene rings is 1. The summed E-state index contributed by atoms with van der Waals surface area (Å²) in [4.78, 5) is 0. The van der Waals surface area contributed by atoms with Crippen LogP contribution in [-0.4, -0.2) is 0 Å². The minimum Gasteiger partial charge on any atom is -0.320 e. The summed E-state index contributed by atoms with van der Waals surface area (Å²) in [5, 5.41) is 3.59. The molecule has 0 aliphatic carbocycles. The average molecular weight is 260 g/mol. The molecule has 2 N–H and O–H groups in total. The molecule has 2 aromatic rings. The second-order valence-electron chi connectivity index (χ2n) is 3.32. The van der Waals surface area contributed by atoms with Gasteiger partial charge in [-0.15, -0.1) is 0 Å². The summed E-state index contributed by atoms with van der Waals surface area (Å²) in [6, 6.07) is 3.06. The van der Waals surface area contributed by atoms with Crippen molar-refractivity contribution >= 4 is 22.9 Å². The molecule has 1 heterocycles. The van der Waals surface area contributed by atoms with Crippen LogP contribution in [0.5, 0.6) is 0 Å². The topological polar surface area (TPSA) is 26.0 Å². The minimum atomic E-state index is -0.802. The summed E-state index contributed by atoms with van der Waals surface area (Å²) < 4.78 is 27.1. The standard InChI is InChI=1S/C11H8ClF2NS/c12-7-3-8(13)10(9(14)4-7)11(15)6-1-2-16-5-6/h1-5,11H,15H2/t11-/m0/s1. The molecule has 0 saturated heterocycles. The highest BCUT2D eigenvalue weighted by Crippen LogP contribution is 2.28. The maximum absolute atomic E-state index is 13.6. The molecule has 2 rings (SSSR count). The normalized spacial score (nSPS) is 12.8. The molecule has 0 fully saturated rings. The first kappa shape index (κ1) is 11.5. The molecular weight excluding hydrogens is 252 g/mol. The molecule has 5 heteroatoms. The van der Waals surface area contributed by atoms with E-state index in [0.29, 0.717) is 5.56 Å². The lowest BCUT2D eigenvalue weighted by molar-refractivity contribution is 0.544. The van der Waals surface area contributed by atoms with E-state index < -0.39 is 17.7 Å². The van der Waals surface area contributed by atoms with Crippen molar-refractivity contribution in [2.24, 2.45) is 5.73 Å². The van der Waals surface area contributed by atoms with Crippen LogP contribution in [0.15, 0.2) is 29.0 Å². The van der Waals surface area contributed by atoms with E-state index in [0.717, 1.165) is 12.1 Å². The van der Waals surface area contributed by atoms with E-state index in [9.17, 15) is 8.78 Å². The molecular formula is C11H8ClF2NS. The van der Waals surface area contributed by atoms with Crippen molar-refractivity contribution < 1.29 is 8.78 Å². The quantitative estimate of drug-likeness (QED) is 0.874. The lowest BCUT2D eigenvalue weighted by atomic mass is 10.0. The highest BCUT2D eigenvalue weighted by molar-refractivity contribution is 7.08. The van der Waals surface area contributed by atoms with Gasteiger partial charge in [0.25, 0.3) is 0 Å². The molecule has 16 heavy (non-hydrogen) atoms. The molecule has 1 nitrogen and oxygen atoms in total. The molecule has 84 valence electrons. The van der Waals surface area contributed by atoms with Gasteiger partial charge < -0.3 is 5.73 Å². The second kappa shape index (κ2) is 4.49. The Labute approximate surface area is 100 Å². The van der Waals surface area contributed by atoms with Gasteiger partial charge in [0.05, 0.1) is 6.04 Å². The molecule has 0 amide bonds. The zero-order chi connectivity index (χ0) is 11.7. The Morgan fingerprint density at radius 3 is 2.38 bits per heavy atom. The van der Waals surface area contributed by atoms with Crippen molar-refractivity contribution in [1.29, 1.82) is 0 Å². The number of halogens is 3. The van der Waals surface area contributed by atoms with Crippen LogP contribution >= 0.6 is 22.9 Å². The van der Waals surface area contributed by atoms with Crippen LogP contribution in [0, 0.1) is 11.6 Å². The molecule has 0 unspecified atom stereocenters. The van der Waals surface area contributed by atoms with Crippen molar-refractivity contribution in [3.8, 4) is 0 Å². The smallest absolute Gasteiger partial charge is 0.132 e. The fourth-order valence-electron chi connectivity index (χ4n) is 1.47. The maximum atomic E-state index is 13.6. The average Bonchev–Trinajstić information content (AvgIpc) is 2.67. The van der Waals surface area contributed by atoms with Crippen molar-refractivity contribution in [3.63, 3.8) is 0 Å². The van der Waals surface area contributed by atoms with Gasteiger partial charge in [-0.05, 0) is 34.5 Å². The fourth-order valence-corrected chi connectivity index (χ4v) is 2.36. The van der Waals surface area contributed by atoms with E-state index in [2.05, 4.69) is 0 Å². The van der Waals surface area contributed by atoms with Crippen LogP contribution in [-0.2, 0) is 0 Å². The van der Waals surface area contributed by atoms with Gasteiger partial charge in [-0.1, -0.05) is 11.6 Å². The monoisotopic (exact) mass is 259 g/mol. The Balaban J connectivity index is 2.48. The summed E-state index contributed by atoms with van der Waals surface area (Å²) in [6.45, 7) is 0. The molecule has 1 atom stereocenters. The number of hydrogen-bond donors (Lipinski definition) is 1. The van der Waals surface area contributed by atoms with Gasteiger partial charge in [-0.2, -0.15) is 11.3 Å². The van der Waals surface area contributed by atoms with Gasteiger partial charge in [-0.3, -0.25) is 0 Å². The van der Waals surface area contributed by atoms with E-state index in [-0.39, 0.29) is 10.6 Å². The summed E-state index contributed by atoms with van der Waals surface area (Å²) in [6.07, 6.45) is 0. The summed E-state index contributed by atoms with van der Waals surface area (Å²) >= 11 is 6.96. The van der Waals surface area contributed by atoms with Gasteiger partial charge in [0.15, 0.2) is 0 Å². The van der Waals surface area contributed by atoms with Crippen LogP contribution in [0.1, 0.15) is 17.2 Å². The van der Waals surface area contributed by atoms with Crippen LogP contribution in [0.3, 0.4) is 0 Å². The van der Waals surface area contributed by atoms with E-state index in [1.165, 1.54) is 11.3 Å². The Bertz CT molecular complexity index is 476. The third-order valence-electron chi connectivity index (χ3n) is 2.26. The van der Waals surface area contributed by atoms with Crippen LogP contribution in [0.25, 0.3) is 0 Å². The van der Waals surface area contributed by atoms with E-state index in [4.69, 9.17) is 17.3 Å². The summed E-state index contributed by atoms with van der Waals surface area (Å²) in [5.41, 5.74) is 6.33. The van der Waals surface area contributed by atoms with Gasteiger partial charge in [0.1, 0.15) is 11.6 Å². The zero-order valence-corrected chi connectivity index (χ0v) is 9.66. The van der Waals surface area contributed by atoms with Crippen LogP contribution in [0.4, 0.5) is 8.78 Å². The third kappa shape index (κ3) is 2.09. The molecule has 1 aromatic heterocycles. The molecule has 0 aliphatic heterocycles.